The third kappa shape index (κ3) is 6.74. The quantitative estimate of drug-likeness (QED) is 0.400. The second-order valence-corrected chi connectivity index (χ2v) is 7.56. The monoisotopic (exact) mass is 437 g/mol. The van der Waals surface area contributed by atoms with Gasteiger partial charge in [0.15, 0.2) is 0 Å². The molecule has 0 fully saturated rings. The first-order valence-corrected chi connectivity index (χ1v) is 10.5. The maximum atomic E-state index is 13.1. The SMILES string of the molecule is C=CC1=C(/C=C(\CCC)OC)CN(C(=O)NC(=C)/C(N)=C\C=C(/C)c2ccc(F)cc2)C1. The predicted molar refractivity (Wildman–Crippen MR) is 129 cm³/mol. The van der Waals surface area contributed by atoms with Gasteiger partial charge in [-0.15, -0.1) is 0 Å². The zero-order valence-electron chi connectivity index (χ0n) is 19.1. The minimum atomic E-state index is -0.289. The molecular formula is C26H32FN3O2. The van der Waals surface area contributed by atoms with E-state index < -0.39 is 0 Å². The van der Waals surface area contributed by atoms with Gasteiger partial charge in [-0.25, -0.2) is 9.18 Å². The Bertz CT molecular complexity index is 985. The van der Waals surface area contributed by atoms with Gasteiger partial charge < -0.3 is 20.7 Å². The number of allylic oxidation sites excluding steroid dienone is 4. The van der Waals surface area contributed by atoms with E-state index in [1.165, 1.54) is 12.1 Å². The van der Waals surface area contributed by atoms with Crippen molar-refractivity contribution in [2.24, 2.45) is 5.73 Å². The number of halogens is 1. The number of nitrogens with two attached hydrogens (primary N) is 1. The Balaban J connectivity index is 2.02. The van der Waals surface area contributed by atoms with Crippen LogP contribution in [0, 0.1) is 5.82 Å². The molecule has 0 saturated heterocycles. The number of nitrogens with zero attached hydrogens (tertiary/aromatic N) is 1. The summed E-state index contributed by atoms with van der Waals surface area (Å²) in [7, 11) is 1.65. The Labute approximate surface area is 190 Å². The molecule has 1 aliphatic heterocycles. The van der Waals surface area contributed by atoms with Gasteiger partial charge in [-0.05, 0) is 59.9 Å². The molecule has 0 aromatic heterocycles. The van der Waals surface area contributed by atoms with Crippen LogP contribution in [0.15, 0.2) is 90.0 Å². The van der Waals surface area contributed by atoms with E-state index >= 15 is 0 Å². The fraction of sp³-hybridized carbons (Fsp3) is 0.269. The molecule has 1 heterocycles. The number of hydrogen-bond acceptors (Lipinski definition) is 3. The zero-order chi connectivity index (χ0) is 23.7. The molecule has 3 N–H and O–H groups in total. The Morgan fingerprint density at radius 3 is 2.50 bits per heavy atom. The van der Waals surface area contributed by atoms with E-state index in [2.05, 4.69) is 25.4 Å². The van der Waals surface area contributed by atoms with Crippen LogP contribution in [0.5, 0.6) is 0 Å². The largest absolute Gasteiger partial charge is 0.501 e. The molecule has 0 radical (unpaired) electrons. The first kappa shape index (κ1) is 24.7. The van der Waals surface area contributed by atoms with Crippen molar-refractivity contribution >= 4 is 11.6 Å². The average Bonchev–Trinajstić information content (AvgIpc) is 3.20. The molecule has 0 atom stereocenters. The Kier molecular flexibility index (Phi) is 9.08. The molecule has 0 saturated carbocycles. The highest BCUT2D eigenvalue weighted by molar-refractivity contribution is 5.78. The second-order valence-electron chi connectivity index (χ2n) is 7.56. The van der Waals surface area contributed by atoms with Crippen LogP contribution in [0.25, 0.3) is 5.57 Å². The summed E-state index contributed by atoms with van der Waals surface area (Å²) in [6.45, 7) is 12.6. The van der Waals surface area contributed by atoms with Crippen molar-refractivity contribution in [1.82, 2.24) is 10.2 Å². The van der Waals surface area contributed by atoms with Crippen molar-refractivity contribution in [2.45, 2.75) is 26.7 Å². The molecule has 0 aliphatic carbocycles. The van der Waals surface area contributed by atoms with E-state index in [4.69, 9.17) is 10.5 Å². The van der Waals surface area contributed by atoms with Gasteiger partial charge in [0.25, 0.3) is 0 Å². The van der Waals surface area contributed by atoms with Crippen LogP contribution in [0.2, 0.25) is 0 Å². The van der Waals surface area contributed by atoms with Crippen molar-refractivity contribution < 1.29 is 13.9 Å². The summed E-state index contributed by atoms with van der Waals surface area (Å²) in [5, 5.41) is 2.76. The van der Waals surface area contributed by atoms with E-state index in [0.29, 0.717) is 24.5 Å². The van der Waals surface area contributed by atoms with Gasteiger partial charge in [-0.2, -0.15) is 0 Å². The minimum Gasteiger partial charge on any atom is -0.501 e. The summed E-state index contributed by atoms with van der Waals surface area (Å²) < 4.78 is 18.5. The van der Waals surface area contributed by atoms with Crippen LogP contribution in [0.1, 0.15) is 32.3 Å². The number of carbonyl (C=O) groups excluding carboxylic acids is 1. The number of methoxy groups -OCH3 is 1. The van der Waals surface area contributed by atoms with Crippen molar-refractivity contribution in [1.29, 1.82) is 0 Å². The fourth-order valence-electron chi connectivity index (χ4n) is 3.23. The summed E-state index contributed by atoms with van der Waals surface area (Å²) in [5.41, 5.74) is 10.5. The lowest BCUT2D eigenvalue weighted by atomic mass is 10.1. The molecule has 1 aliphatic rings. The highest BCUT2D eigenvalue weighted by Crippen LogP contribution is 2.22. The first-order chi connectivity index (χ1) is 15.3. The molecule has 0 bridgehead atoms. The normalized spacial score (nSPS) is 15.1. The number of benzene rings is 1. The van der Waals surface area contributed by atoms with Crippen molar-refractivity contribution in [3.8, 4) is 0 Å². The number of ether oxygens (including phenoxy) is 1. The van der Waals surface area contributed by atoms with Gasteiger partial charge in [-0.1, -0.05) is 44.4 Å². The molecular weight excluding hydrogens is 405 g/mol. The molecule has 1 aromatic rings. The maximum absolute atomic E-state index is 13.1. The lowest BCUT2D eigenvalue weighted by Gasteiger charge is -2.18. The minimum absolute atomic E-state index is 0.286. The highest BCUT2D eigenvalue weighted by atomic mass is 19.1. The summed E-state index contributed by atoms with van der Waals surface area (Å²) in [6, 6.07) is 5.91. The number of carbonyl (C=O) groups is 1. The van der Waals surface area contributed by atoms with E-state index in [1.54, 1.807) is 42.4 Å². The molecule has 1 aromatic carbocycles. The highest BCUT2D eigenvalue weighted by Gasteiger charge is 2.24. The van der Waals surface area contributed by atoms with E-state index in [1.807, 2.05) is 13.0 Å². The molecule has 5 nitrogen and oxygen atoms in total. The zero-order valence-corrected chi connectivity index (χ0v) is 19.1. The number of hydrogen-bond donors (Lipinski definition) is 2. The average molecular weight is 438 g/mol. The molecule has 170 valence electrons. The molecule has 6 heteroatoms. The summed E-state index contributed by atoms with van der Waals surface area (Å²) >= 11 is 0. The van der Waals surface area contributed by atoms with Crippen LogP contribution >= 0.6 is 0 Å². The van der Waals surface area contributed by atoms with Crippen molar-refractivity contribution in [3.63, 3.8) is 0 Å². The molecule has 0 unspecified atom stereocenters. The fourth-order valence-corrected chi connectivity index (χ4v) is 3.23. The number of amides is 2. The Morgan fingerprint density at radius 1 is 1.25 bits per heavy atom. The van der Waals surface area contributed by atoms with Crippen LogP contribution in [0.4, 0.5) is 9.18 Å². The van der Waals surface area contributed by atoms with E-state index in [0.717, 1.165) is 40.9 Å². The van der Waals surface area contributed by atoms with Gasteiger partial charge in [0, 0.05) is 19.5 Å². The third-order valence-electron chi connectivity index (χ3n) is 5.18. The van der Waals surface area contributed by atoms with Gasteiger partial charge in [0.1, 0.15) is 5.82 Å². The van der Waals surface area contributed by atoms with Crippen LogP contribution < -0.4 is 11.1 Å². The number of nitrogens with one attached hydrogen (secondary N) is 1. The smallest absolute Gasteiger partial charge is 0.322 e. The summed E-state index contributed by atoms with van der Waals surface area (Å²) in [4.78, 5) is 14.4. The topological polar surface area (TPSA) is 67.6 Å². The number of urea groups is 1. The standard InChI is InChI=1S/C26H32FN3O2/c1-6-8-24(32-5)15-22-17-30(16-20(22)7-2)26(31)29-19(4)25(28)14-9-18(3)21-10-12-23(27)13-11-21/h7,9-15H,2,4,6,8,16-17,28H2,1,3,5H3,(H,29,31)/b18-9+,24-15+,25-14+. The third-order valence-corrected chi connectivity index (χ3v) is 5.18. The van der Waals surface area contributed by atoms with Gasteiger partial charge >= 0.3 is 6.03 Å². The molecule has 32 heavy (non-hydrogen) atoms. The van der Waals surface area contributed by atoms with Crippen molar-refractivity contribution in [3.05, 3.63) is 101 Å². The number of rotatable bonds is 9. The molecule has 2 rings (SSSR count). The van der Waals surface area contributed by atoms with Gasteiger partial charge in [-0.3, -0.25) is 0 Å². The molecule has 2 amide bonds. The van der Waals surface area contributed by atoms with Crippen LogP contribution in [-0.4, -0.2) is 31.1 Å². The lowest BCUT2D eigenvalue weighted by Crippen LogP contribution is -2.39. The van der Waals surface area contributed by atoms with E-state index in [9.17, 15) is 9.18 Å². The predicted octanol–water partition coefficient (Wildman–Crippen LogP) is 5.42. The summed E-state index contributed by atoms with van der Waals surface area (Å²) in [5.74, 6) is 0.593. The Hall–Kier alpha value is -3.54. The summed E-state index contributed by atoms with van der Waals surface area (Å²) in [6.07, 6.45) is 9.03. The lowest BCUT2D eigenvalue weighted by molar-refractivity contribution is 0.213. The van der Waals surface area contributed by atoms with Crippen LogP contribution in [-0.2, 0) is 4.74 Å². The van der Waals surface area contributed by atoms with Gasteiger partial charge in [0.2, 0.25) is 0 Å². The first-order valence-electron chi connectivity index (χ1n) is 10.5. The maximum Gasteiger partial charge on any atom is 0.322 e. The van der Waals surface area contributed by atoms with E-state index in [-0.39, 0.29) is 11.8 Å². The van der Waals surface area contributed by atoms with Crippen molar-refractivity contribution in [2.75, 3.05) is 20.2 Å². The molecule has 0 spiro atoms. The Morgan fingerprint density at radius 2 is 1.91 bits per heavy atom. The van der Waals surface area contributed by atoms with Crippen LogP contribution in [0.3, 0.4) is 0 Å². The second kappa shape index (κ2) is 11.7. The van der Waals surface area contributed by atoms with Gasteiger partial charge in [0.05, 0.1) is 24.3 Å².